The van der Waals surface area contributed by atoms with Crippen LogP contribution in [0.25, 0.3) is 0 Å². The van der Waals surface area contributed by atoms with E-state index in [2.05, 4.69) is 48.5 Å². The van der Waals surface area contributed by atoms with Crippen molar-refractivity contribution in [1.29, 1.82) is 0 Å². The predicted molar refractivity (Wildman–Crippen MR) is 142 cm³/mol. The summed E-state index contributed by atoms with van der Waals surface area (Å²) in [6.07, 6.45) is 10.5. The summed E-state index contributed by atoms with van der Waals surface area (Å²) in [4.78, 5) is 26.7. The van der Waals surface area contributed by atoms with Crippen molar-refractivity contribution in [2.75, 3.05) is 7.11 Å². The number of methoxy groups -OCH3 is 1. The van der Waals surface area contributed by atoms with Crippen LogP contribution >= 0.6 is 0 Å². The Balaban J connectivity index is 1.58. The highest BCUT2D eigenvalue weighted by Gasteiger charge is 2.72. The highest BCUT2D eigenvalue weighted by atomic mass is 16.5. The number of rotatable bonds is 2. The van der Waals surface area contributed by atoms with Gasteiger partial charge in [-0.2, -0.15) is 0 Å². The van der Waals surface area contributed by atoms with Gasteiger partial charge in [-0.1, -0.05) is 48.5 Å². The molecule has 0 spiro atoms. The highest BCUT2D eigenvalue weighted by molar-refractivity contribution is 6.00. The molecule has 4 nitrogen and oxygen atoms in total. The van der Waals surface area contributed by atoms with Gasteiger partial charge >= 0.3 is 5.97 Å². The predicted octanol–water partition coefficient (Wildman–Crippen LogP) is 7.52. The van der Waals surface area contributed by atoms with Crippen LogP contribution in [0.3, 0.4) is 0 Å². The summed E-state index contributed by atoms with van der Waals surface area (Å²) >= 11 is 0. The zero-order chi connectivity index (χ0) is 26.5. The maximum Gasteiger partial charge on any atom is 0.312 e. The van der Waals surface area contributed by atoms with E-state index in [0.29, 0.717) is 47.5 Å². The van der Waals surface area contributed by atoms with Gasteiger partial charge in [0.15, 0.2) is 5.78 Å². The van der Waals surface area contributed by atoms with Crippen molar-refractivity contribution in [2.45, 2.75) is 106 Å². The molecule has 202 valence electrons. The lowest BCUT2D eigenvalue weighted by Gasteiger charge is -2.72. The number of carbonyl (C=O) groups is 2. The molecule has 9 atom stereocenters. The average Bonchev–Trinajstić information content (AvgIpc) is 3.22. The van der Waals surface area contributed by atoms with E-state index in [9.17, 15) is 14.7 Å². The van der Waals surface area contributed by atoms with Gasteiger partial charge in [-0.05, 0) is 110 Å². The van der Waals surface area contributed by atoms with Crippen molar-refractivity contribution < 1.29 is 19.4 Å². The molecule has 0 aromatic carbocycles. The van der Waals surface area contributed by atoms with Crippen LogP contribution in [-0.2, 0) is 14.3 Å². The van der Waals surface area contributed by atoms with E-state index in [-0.39, 0.29) is 33.4 Å². The van der Waals surface area contributed by atoms with Crippen LogP contribution in [0.4, 0.5) is 0 Å². The molecule has 36 heavy (non-hydrogen) atoms. The zero-order valence-corrected chi connectivity index (χ0v) is 24.1. The van der Waals surface area contributed by atoms with Crippen molar-refractivity contribution in [3.05, 3.63) is 11.8 Å². The number of fused-ring (bicyclic) bond motifs is 7. The number of ether oxygens (including phenoxy) is 1. The van der Waals surface area contributed by atoms with Gasteiger partial charge in [-0.25, -0.2) is 0 Å². The van der Waals surface area contributed by atoms with E-state index in [1.807, 2.05) is 0 Å². The fourth-order valence-corrected chi connectivity index (χ4v) is 11.9. The molecule has 0 aromatic rings. The van der Waals surface area contributed by atoms with Gasteiger partial charge in [0.25, 0.3) is 0 Å². The molecule has 5 aliphatic carbocycles. The molecule has 5 rings (SSSR count). The number of aliphatic hydroxyl groups excluding tert-OH is 1. The van der Waals surface area contributed by atoms with E-state index < -0.39 is 5.41 Å². The molecule has 1 N–H and O–H groups in total. The molecule has 5 aliphatic rings. The summed E-state index contributed by atoms with van der Waals surface area (Å²) < 4.78 is 5.51. The fourth-order valence-electron chi connectivity index (χ4n) is 11.9. The van der Waals surface area contributed by atoms with Crippen LogP contribution in [0.5, 0.6) is 0 Å². The first-order chi connectivity index (χ1) is 16.7. The van der Waals surface area contributed by atoms with Gasteiger partial charge in [-0.3, -0.25) is 9.59 Å². The first-order valence-electron chi connectivity index (χ1n) is 14.7. The molecule has 0 aliphatic heterocycles. The molecule has 0 heterocycles. The largest absolute Gasteiger partial charge is 0.515 e. The minimum Gasteiger partial charge on any atom is -0.515 e. The molecule has 0 saturated heterocycles. The monoisotopic (exact) mass is 498 g/mol. The van der Waals surface area contributed by atoms with E-state index in [1.54, 1.807) is 7.11 Å². The van der Waals surface area contributed by atoms with Gasteiger partial charge < -0.3 is 9.84 Å². The minimum absolute atomic E-state index is 0.00301. The van der Waals surface area contributed by atoms with Crippen molar-refractivity contribution >= 4 is 11.8 Å². The summed E-state index contributed by atoms with van der Waals surface area (Å²) in [5.41, 5.74) is 0.199. The van der Waals surface area contributed by atoms with Gasteiger partial charge in [-0.15, -0.1) is 0 Å². The second-order valence-corrected chi connectivity index (χ2v) is 15.2. The van der Waals surface area contributed by atoms with Crippen molar-refractivity contribution in [1.82, 2.24) is 0 Å². The third-order valence-electron chi connectivity index (χ3n) is 13.7. The topological polar surface area (TPSA) is 63.6 Å². The van der Waals surface area contributed by atoms with Gasteiger partial charge in [0.2, 0.25) is 0 Å². The maximum absolute atomic E-state index is 13.4. The number of hydrogen-bond acceptors (Lipinski definition) is 4. The first-order valence-corrected chi connectivity index (χ1v) is 14.7. The van der Waals surface area contributed by atoms with Crippen molar-refractivity contribution in [3.63, 3.8) is 0 Å². The summed E-state index contributed by atoms with van der Waals surface area (Å²) in [5.74, 6) is 3.13. The van der Waals surface area contributed by atoms with Crippen LogP contribution < -0.4 is 0 Å². The summed E-state index contributed by atoms with van der Waals surface area (Å²) in [5, 5.41) is 10.1. The molecule has 0 unspecified atom stereocenters. The van der Waals surface area contributed by atoms with Gasteiger partial charge in [0, 0.05) is 11.0 Å². The Morgan fingerprint density at radius 1 is 0.944 bits per heavy atom. The third kappa shape index (κ3) is 2.99. The molecule has 0 aromatic heterocycles. The van der Waals surface area contributed by atoms with Crippen molar-refractivity contribution in [2.24, 2.45) is 62.6 Å². The second-order valence-electron chi connectivity index (χ2n) is 15.2. The van der Waals surface area contributed by atoms with Crippen LogP contribution in [0.15, 0.2) is 11.8 Å². The lowest BCUT2D eigenvalue weighted by atomic mass is 9.32. The standard InChI is InChI=1S/C32H50O4/c1-19(2)21-11-14-32(27(35)36-8)16-15-30(6)22(25(21)32)9-10-24-29(5)17-20(18-33)26(34)28(3,4)23(29)12-13-31(24,30)7/h18-19,21-25,33H,9-17H2,1-8H3/b20-18+/t21-,22+,23-,24+,25+,29-,30+,31+,32-/m0/s1. The number of hydrogen-bond donors (Lipinski definition) is 1. The maximum atomic E-state index is 13.4. The second kappa shape index (κ2) is 8.09. The lowest BCUT2D eigenvalue weighted by molar-refractivity contribution is -0.234. The van der Waals surface area contributed by atoms with Gasteiger partial charge in [0.1, 0.15) is 0 Å². The quantitative estimate of drug-likeness (QED) is 0.243. The Morgan fingerprint density at radius 3 is 2.25 bits per heavy atom. The summed E-state index contributed by atoms with van der Waals surface area (Å²) in [6.45, 7) is 16.5. The highest BCUT2D eigenvalue weighted by Crippen LogP contribution is 2.77. The molecular formula is C32H50O4. The van der Waals surface area contributed by atoms with E-state index in [1.165, 1.54) is 0 Å². The normalized spacial score (nSPS) is 50.8. The van der Waals surface area contributed by atoms with Gasteiger partial charge in [0.05, 0.1) is 18.8 Å². The van der Waals surface area contributed by atoms with Crippen LogP contribution in [0.1, 0.15) is 106 Å². The number of allylic oxidation sites excluding steroid dienone is 1. The Morgan fingerprint density at radius 2 is 1.64 bits per heavy atom. The molecule has 5 fully saturated rings. The van der Waals surface area contributed by atoms with E-state index >= 15 is 0 Å². The van der Waals surface area contributed by atoms with E-state index in [0.717, 1.165) is 57.6 Å². The number of carbonyl (C=O) groups excluding carboxylic acids is 2. The molecule has 0 amide bonds. The number of Topliss-reactive ketones (excluding diaryl/α,β-unsaturated/α-hetero) is 1. The number of esters is 1. The Bertz CT molecular complexity index is 979. The third-order valence-corrected chi connectivity index (χ3v) is 13.7. The summed E-state index contributed by atoms with van der Waals surface area (Å²) in [6, 6.07) is 0. The summed E-state index contributed by atoms with van der Waals surface area (Å²) in [7, 11) is 1.59. The minimum atomic E-state index is -0.443. The fraction of sp³-hybridized carbons (Fsp3) is 0.875. The lowest BCUT2D eigenvalue weighted by Crippen LogP contribution is -2.67. The molecule has 0 radical (unpaired) electrons. The Hall–Kier alpha value is -1.32. The molecule has 5 saturated carbocycles. The van der Waals surface area contributed by atoms with Crippen LogP contribution in [0, 0.1) is 62.6 Å². The smallest absolute Gasteiger partial charge is 0.312 e. The average molecular weight is 499 g/mol. The SMILES string of the molecule is COC(=O)[C@]12CC[C@@H](C(C)C)[C@@H]1[C@H]1CC[C@@H]3[C@@]4(C)C/C(=C\O)C(=O)C(C)(C)[C@@H]4CC[C@@]3(C)[C@]1(C)CC2. The van der Waals surface area contributed by atoms with Crippen molar-refractivity contribution in [3.8, 4) is 0 Å². The molecule has 0 bridgehead atoms. The number of aliphatic hydroxyl groups is 1. The molecule has 4 heteroatoms. The van der Waals surface area contributed by atoms with Crippen LogP contribution in [0.2, 0.25) is 0 Å². The molecular weight excluding hydrogens is 448 g/mol. The first kappa shape index (κ1) is 26.3. The van der Waals surface area contributed by atoms with E-state index in [4.69, 9.17) is 4.74 Å². The number of ketones is 1. The Kier molecular flexibility index (Phi) is 5.91. The zero-order valence-electron chi connectivity index (χ0n) is 24.1. The van der Waals surface area contributed by atoms with Crippen LogP contribution in [-0.4, -0.2) is 24.0 Å². The Labute approximate surface area is 219 Å².